The van der Waals surface area contributed by atoms with Gasteiger partial charge in [-0.2, -0.15) is 0 Å². The zero-order chi connectivity index (χ0) is 9.52. The van der Waals surface area contributed by atoms with Gasteiger partial charge >= 0.3 is 0 Å². The van der Waals surface area contributed by atoms with Gasteiger partial charge in [-0.1, -0.05) is 24.3 Å². The topological polar surface area (TPSA) is 35.2 Å². The van der Waals surface area contributed by atoms with E-state index in [0.717, 1.165) is 13.0 Å². The van der Waals surface area contributed by atoms with E-state index in [1.54, 1.807) is 0 Å². The van der Waals surface area contributed by atoms with Crippen LogP contribution in [0.25, 0.3) is 0 Å². The Balaban J connectivity index is 2.32. The Morgan fingerprint density at radius 2 is 2.00 bits per heavy atom. The van der Waals surface area contributed by atoms with Gasteiger partial charge in [0.1, 0.15) is 0 Å². The van der Waals surface area contributed by atoms with Gasteiger partial charge < -0.3 is 10.5 Å². The minimum atomic E-state index is 0.605. The van der Waals surface area contributed by atoms with Crippen molar-refractivity contribution in [3.63, 3.8) is 0 Å². The lowest BCUT2D eigenvalue weighted by Gasteiger charge is -2.05. The van der Waals surface area contributed by atoms with Crippen molar-refractivity contribution in [3.05, 3.63) is 35.4 Å². The maximum absolute atomic E-state index is 5.32. The van der Waals surface area contributed by atoms with Crippen molar-refractivity contribution in [2.24, 2.45) is 5.73 Å². The number of nitrogens with two attached hydrogens (primary N) is 1. The van der Waals surface area contributed by atoms with E-state index in [1.165, 1.54) is 11.1 Å². The maximum Gasteiger partial charge on any atom is 0.0588 e. The van der Waals surface area contributed by atoms with Gasteiger partial charge in [-0.05, 0) is 24.5 Å². The lowest BCUT2D eigenvalue weighted by atomic mass is 10.1. The molecule has 0 aliphatic carbocycles. The van der Waals surface area contributed by atoms with Crippen LogP contribution in [0, 0.1) is 6.92 Å². The summed E-state index contributed by atoms with van der Waals surface area (Å²) in [5.41, 5.74) is 8.01. The molecule has 0 aromatic heterocycles. The average Bonchev–Trinajstić information content (AvgIpc) is 2.15. The van der Waals surface area contributed by atoms with E-state index in [1.807, 2.05) is 0 Å². The number of aryl methyl sites for hydroxylation is 1. The molecule has 0 amide bonds. The summed E-state index contributed by atoms with van der Waals surface area (Å²) in [4.78, 5) is 0. The molecular formula is C11H17NO. The molecular weight excluding hydrogens is 162 g/mol. The lowest BCUT2D eigenvalue weighted by Crippen LogP contribution is -2.10. The Labute approximate surface area is 79.7 Å². The Hall–Kier alpha value is -0.860. The first-order chi connectivity index (χ1) is 6.34. The van der Waals surface area contributed by atoms with Crippen LogP contribution in [0.1, 0.15) is 11.1 Å². The van der Waals surface area contributed by atoms with E-state index < -0.39 is 0 Å². The van der Waals surface area contributed by atoms with Crippen LogP contribution >= 0.6 is 0 Å². The molecule has 0 heterocycles. The molecule has 0 unspecified atom stereocenters. The molecule has 2 N–H and O–H groups in total. The summed E-state index contributed by atoms with van der Waals surface area (Å²) in [5.74, 6) is 0. The van der Waals surface area contributed by atoms with E-state index in [9.17, 15) is 0 Å². The van der Waals surface area contributed by atoms with Crippen LogP contribution in [-0.2, 0) is 11.2 Å². The molecule has 0 saturated heterocycles. The second kappa shape index (κ2) is 5.73. The molecule has 0 aliphatic rings. The summed E-state index contributed by atoms with van der Waals surface area (Å²) >= 11 is 0. The molecule has 0 atom stereocenters. The number of ether oxygens (including phenoxy) is 1. The van der Waals surface area contributed by atoms with Crippen molar-refractivity contribution in [1.29, 1.82) is 0 Å². The van der Waals surface area contributed by atoms with Crippen molar-refractivity contribution in [2.45, 2.75) is 13.3 Å². The summed E-state index contributed by atoms with van der Waals surface area (Å²) < 4.78 is 5.32. The fraction of sp³-hybridized carbons (Fsp3) is 0.455. The average molecular weight is 179 g/mol. The summed E-state index contributed by atoms with van der Waals surface area (Å²) in [6.45, 7) is 4.15. The molecule has 1 aromatic carbocycles. The number of hydrogen-bond donors (Lipinski definition) is 1. The highest BCUT2D eigenvalue weighted by atomic mass is 16.5. The zero-order valence-electron chi connectivity index (χ0n) is 8.12. The Morgan fingerprint density at radius 1 is 1.23 bits per heavy atom. The standard InChI is InChI=1S/C11H17NO/c1-10-4-2-3-5-11(10)6-8-13-9-7-12/h2-5H,6-9,12H2,1H3. The highest BCUT2D eigenvalue weighted by molar-refractivity contribution is 5.25. The van der Waals surface area contributed by atoms with Crippen molar-refractivity contribution in [2.75, 3.05) is 19.8 Å². The molecule has 1 aromatic rings. The van der Waals surface area contributed by atoms with Crippen LogP contribution in [-0.4, -0.2) is 19.8 Å². The second-order valence-electron chi connectivity index (χ2n) is 3.08. The number of hydrogen-bond acceptors (Lipinski definition) is 2. The zero-order valence-corrected chi connectivity index (χ0v) is 8.12. The Bertz CT molecular complexity index is 248. The van der Waals surface area contributed by atoms with Crippen LogP contribution in [0.3, 0.4) is 0 Å². The second-order valence-corrected chi connectivity index (χ2v) is 3.08. The fourth-order valence-electron chi connectivity index (χ4n) is 1.26. The van der Waals surface area contributed by atoms with Gasteiger partial charge in [0, 0.05) is 6.54 Å². The highest BCUT2D eigenvalue weighted by Gasteiger charge is 1.95. The molecule has 0 aliphatic heterocycles. The molecule has 0 radical (unpaired) electrons. The van der Waals surface area contributed by atoms with Crippen LogP contribution in [0.4, 0.5) is 0 Å². The molecule has 2 heteroatoms. The van der Waals surface area contributed by atoms with E-state index in [2.05, 4.69) is 31.2 Å². The molecule has 0 fully saturated rings. The minimum Gasteiger partial charge on any atom is -0.380 e. The maximum atomic E-state index is 5.32. The van der Waals surface area contributed by atoms with E-state index in [4.69, 9.17) is 10.5 Å². The molecule has 72 valence electrons. The first kappa shape index (κ1) is 10.2. The van der Waals surface area contributed by atoms with Gasteiger partial charge in [0.05, 0.1) is 13.2 Å². The molecule has 2 nitrogen and oxygen atoms in total. The third kappa shape index (κ3) is 3.57. The van der Waals surface area contributed by atoms with Gasteiger partial charge in [0.15, 0.2) is 0 Å². The summed E-state index contributed by atoms with van der Waals surface area (Å²) in [5, 5.41) is 0. The summed E-state index contributed by atoms with van der Waals surface area (Å²) in [6.07, 6.45) is 0.979. The van der Waals surface area contributed by atoms with Gasteiger partial charge in [-0.15, -0.1) is 0 Å². The highest BCUT2D eigenvalue weighted by Crippen LogP contribution is 2.07. The molecule has 0 spiro atoms. The van der Waals surface area contributed by atoms with Crippen LogP contribution in [0.5, 0.6) is 0 Å². The largest absolute Gasteiger partial charge is 0.380 e. The van der Waals surface area contributed by atoms with E-state index >= 15 is 0 Å². The van der Waals surface area contributed by atoms with Crippen LogP contribution < -0.4 is 5.73 Å². The normalized spacial score (nSPS) is 10.3. The Morgan fingerprint density at radius 3 is 2.69 bits per heavy atom. The van der Waals surface area contributed by atoms with Gasteiger partial charge in [0.2, 0.25) is 0 Å². The summed E-state index contributed by atoms with van der Waals surface area (Å²) in [7, 11) is 0. The first-order valence-electron chi connectivity index (χ1n) is 4.67. The van der Waals surface area contributed by atoms with Gasteiger partial charge in [-0.3, -0.25) is 0 Å². The van der Waals surface area contributed by atoms with Crippen molar-refractivity contribution in [3.8, 4) is 0 Å². The van der Waals surface area contributed by atoms with Crippen molar-refractivity contribution >= 4 is 0 Å². The monoisotopic (exact) mass is 179 g/mol. The SMILES string of the molecule is Cc1ccccc1CCOCCN. The quantitative estimate of drug-likeness (QED) is 0.695. The smallest absolute Gasteiger partial charge is 0.0588 e. The minimum absolute atomic E-state index is 0.605. The molecule has 0 saturated carbocycles. The van der Waals surface area contributed by atoms with Crippen LogP contribution in [0.15, 0.2) is 24.3 Å². The predicted molar refractivity (Wildman–Crippen MR) is 54.8 cm³/mol. The fourth-order valence-corrected chi connectivity index (χ4v) is 1.26. The first-order valence-corrected chi connectivity index (χ1v) is 4.67. The van der Waals surface area contributed by atoms with Crippen molar-refractivity contribution < 1.29 is 4.74 Å². The van der Waals surface area contributed by atoms with Gasteiger partial charge in [-0.25, -0.2) is 0 Å². The third-order valence-corrected chi connectivity index (χ3v) is 2.04. The number of benzene rings is 1. The summed E-state index contributed by atoms with van der Waals surface area (Å²) in [6, 6.07) is 8.38. The molecule has 0 bridgehead atoms. The number of rotatable bonds is 5. The van der Waals surface area contributed by atoms with Crippen LogP contribution in [0.2, 0.25) is 0 Å². The molecule has 1 rings (SSSR count). The lowest BCUT2D eigenvalue weighted by molar-refractivity contribution is 0.144. The van der Waals surface area contributed by atoms with Gasteiger partial charge in [0.25, 0.3) is 0 Å². The predicted octanol–water partition coefficient (Wildman–Crippen LogP) is 1.51. The van der Waals surface area contributed by atoms with Crippen molar-refractivity contribution in [1.82, 2.24) is 0 Å². The van der Waals surface area contributed by atoms with E-state index in [-0.39, 0.29) is 0 Å². The Kier molecular flexibility index (Phi) is 4.50. The molecule has 13 heavy (non-hydrogen) atoms. The van der Waals surface area contributed by atoms with E-state index in [0.29, 0.717) is 13.2 Å². The third-order valence-electron chi connectivity index (χ3n) is 2.04.